The molecule has 0 aliphatic heterocycles. The molecule has 0 spiro atoms. The lowest BCUT2D eigenvalue weighted by molar-refractivity contribution is 0.253. The predicted octanol–water partition coefficient (Wildman–Crippen LogP) is 0.352. The molecule has 0 aliphatic carbocycles. The fraction of sp³-hybridized carbons (Fsp3) is 1.00. The highest BCUT2D eigenvalue weighted by Crippen LogP contribution is 2.03. The molecule has 0 saturated heterocycles. The fourth-order valence-electron chi connectivity index (χ4n) is 0.467. The predicted molar refractivity (Wildman–Crippen MR) is 34.5 cm³/mol. The highest BCUT2D eigenvalue weighted by atomic mass is 16.3. The molecule has 2 nitrogen and oxygen atoms in total. The summed E-state index contributed by atoms with van der Waals surface area (Å²) >= 11 is 0. The van der Waals surface area contributed by atoms with Gasteiger partial charge in [0.15, 0.2) is 0 Å². The topological polar surface area (TPSA) is 46.2 Å². The van der Waals surface area contributed by atoms with Crippen molar-refractivity contribution in [3.05, 3.63) is 0 Å². The fourth-order valence-corrected chi connectivity index (χ4v) is 0.467. The van der Waals surface area contributed by atoms with E-state index in [1.54, 1.807) is 0 Å². The second-order valence-electron chi connectivity index (χ2n) is 2.35. The first-order valence-corrected chi connectivity index (χ1v) is 3.05. The van der Waals surface area contributed by atoms with Crippen molar-refractivity contribution in [2.45, 2.75) is 26.3 Å². The Labute approximate surface area is 50.7 Å². The van der Waals surface area contributed by atoms with Gasteiger partial charge in [0, 0.05) is 12.6 Å². The number of aliphatic hydroxyl groups excluding tert-OH is 1. The number of hydrogen-bond acceptors (Lipinski definition) is 2. The van der Waals surface area contributed by atoms with Crippen molar-refractivity contribution >= 4 is 0 Å². The van der Waals surface area contributed by atoms with Crippen LogP contribution in [-0.2, 0) is 0 Å². The van der Waals surface area contributed by atoms with Crippen LogP contribution >= 0.6 is 0 Å². The molecule has 0 aliphatic rings. The smallest absolute Gasteiger partial charge is 0.0434 e. The Kier molecular flexibility index (Phi) is 3.83. The Morgan fingerprint density at radius 1 is 1.50 bits per heavy atom. The van der Waals surface area contributed by atoms with Gasteiger partial charge in [0.1, 0.15) is 0 Å². The van der Waals surface area contributed by atoms with Gasteiger partial charge in [-0.2, -0.15) is 0 Å². The number of aliphatic hydroxyl groups is 1. The SMILES string of the molecule is C[C@H](N)[C@H](C)CCO. The summed E-state index contributed by atoms with van der Waals surface area (Å²) in [5.41, 5.74) is 5.51. The normalized spacial score (nSPS) is 18.0. The monoisotopic (exact) mass is 117 g/mol. The lowest BCUT2D eigenvalue weighted by atomic mass is 10.0. The van der Waals surface area contributed by atoms with E-state index in [9.17, 15) is 0 Å². The number of nitrogens with two attached hydrogens (primary N) is 1. The van der Waals surface area contributed by atoms with Crippen LogP contribution in [0.2, 0.25) is 0 Å². The van der Waals surface area contributed by atoms with Gasteiger partial charge < -0.3 is 10.8 Å². The molecule has 2 heteroatoms. The van der Waals surface area contributed by atoms with E-state index in [2.05, 4.69) is 0 Å². The average Bonchev–Trinajstić information content (AvgIpc) is 1.67. The molecule has 0 radical (unpaired) electrons. The summed E-state index contributed by atoms with van der Waals surface area (Å²) in [6.45, 7) is 4.25. The Morgan fingerprint density at radius 3 is 2.12 bits per heavy atom. The van der Waals surface area contributed by atoms with Gasteiger partial charge in [-0.15, -0.1) is 0 Å². The molecular formula is C6H15NO. The average molecular weight is 117 g/mol. The van der Waals surface area contributed by atoms with Gasteiger partial charge in [-0.25, -0.2) is 0 Å². The summed E-state index contributed by atoms with van der Waals surface area (Å²) in [7, 11) is 0. The van der Waals surface area contributed by atoms with Crippen molar-refractivity contribution in [1.82, 2.24) is 0 Å². The Bertz CT molecular complexity index is 54.5. The van der Waals surface area contributed by atoms with E-state index in [1.807, 2.05) is 13.8 Å². The standard InChI is InChI=1S/C6H15NO/c1-5(3-4-8)6(2)7/h5-6,8H,3-4,7H2,1-2H3/t5-,6+/m1/s1. The zero-order valence-electron chi connectivity index (χ0n) is 5.59. The first kappa shape index (κ1) is 7.92. The molecule has 0 aromatic carbocycles. The molecular weight excluding hydrogens is 102 g/mol. The maximum Gasteiger partial charge on any atom is 0.0434 e. The van der Waals surface area contributed by atoms with Crippen LogP contribution in [-0.4, -0.2) is 17.8 Å². The van der Waals surface area contributed by atoms with Crippen LogP contribution < -0.4 is 5.73 Å². The molecule has 2 atom stereocenters. The summed E-state index contributed by atoms with van der Waals surface area (Å²) in [5.74, 6) is 0.444. The van der Waals surface area contributed by atoms with E-state index in [0.29, 0.717) is 5.92 Å². The zero-order valence-corrected chi connectivity index (χ0v) is 5.59. The summed E-state index contributed by atoms with van der Waals surface area (Å²) in [6, 6.07) is 0.210. The lowest BCUT2D eigenvalue weighted by Gasteiger charge is -2.12. The van der Waals surface area contributed by atoms with Crippen molar-refractivity contribution in [3.8, 4) is 0 Å². The first-order valence-electron chi connectivity index (χ1n) is 3.05. The van der Waals surface area contributed by atoms with E-state index >= 15 is 0 Å². The molecule has 0 bridgehead atoms. The van der Waals surface area contributed by atoms with Gasteiger partial charge in [0.05, 0.1) is 0 Å². The van der Waals surface area contributed by atoms with Gasteiger partial charge in [-0.05, 0) is 19.3 Å². The van der Waals surface area contributed by atoms with Crippen LogP contribution in [0, 0.1) is 5.92 Å². The Morgan fingerprint density at radius 2 is 2.00 bits per heavy atom. The van der Waals surface area contributed by atoms with Crippen LogP contribution in [0.25, 0.3) is 0 Å². The molecule has 0 rings (SSSR count). The van der Waals surface area contributed by atoms with Crippen LogP contribution in [0.1, 0.15) is 20.3 Å². The van der Waals surface area contributed by atoms with E-state index in [0.717, 1.165) is 6.42 Å². The maximum atomic E-state index is 8.43. The van der Waals surface area contributed by atoms with Crippen LogP contribution in [0.15, 0.2) is 0 Å². The Hall–Kier alpha value is -0.0800. The van der Waals surface area contributed by atoms with Crippen molar-refractivity contribution in [2.24, 2.45) is 11.7 Å². The molecule has 0 unspecified atom stereocenters. The van der Waals surface area contributed by atoms with Crippen molar-refractivity contribution < 1.29 is 5.11 Å². The minimum absolute atomic E-state index is 0.210. The third-order valence-corrected chi connectivity index (χ3v) is 1.48. The molecule has 3 N–H and O–H groups in total. The summed E-state index contributed by atoms with van der Waals surface area (Å²) in [4.78, 5) is 0. The van der Waals surface area contributed by atoms with Crippen molar-refractivity contribution in [3.63, 3.8) is 0 Å². The van der Waals surface area contributed by atoms with Gasteiger partial charge >= 0.3 is 0 Å². The maximum absolute atomic E-state index is 8.43. The molecule has 0 amide bonds. The molecule has 0 aromatic heterocycles. The molecule has 0 fully saturated rings. The van der Waals surface area contributed by atoms with Crippen molar-refractivity contribution in [1.29, 1.82) is 0 Å². The van der Waals surface area contributed by atoms with E-state index in [4.69, 9.17) is 10.8 Å². The van der Waals surface area contributed by atoms with Gasteiger partial charge in [-0.3, -0.25) is 0 Å². The third kappa shape index (κ3) is 2.99. The first-order chi connectivity index (χ1) is 3.68. The molecule has 0 saturated carbocycles. The summed E-state index contributed by atoms with van der Waals surface area (Å²) < 4.78 is 0. The third-order valence-electron chi connectivity index (χ3n) is 1.48. The lowest BCUT2D eigenvalue weighted by Crippen LogP contribution is -2.24. The van der Waals surface area contributed by atoms with Gasteiger partial charge in [0.25, 0.3) is 0 Å². The minimum Gasteiger partial charge on any atom is -0.396 e. The molecule has 50 valence electrons. The zero-order chi connectivity index (χ0) is 6.57. The van der Waals surface area contributed by atoms with Crippen molar-refractivity contribution in [2.75, 3.05) is 6.61 Å². The number of hydrogen-bond donors (Lipinski definition) is 2. The van der Waals surface area contributed by atoms with Crippen LogP contribution in [0.5, 0.6) is 0 Å². The molecule has 0 heterocycles. The van der Waals surface area contributed by atoms with Gasteiger partial charge in [0.2, 0.25) is 0 Å². The van der Waals surface area contributed by atoms with Crippen LogP contribution in [0.4, 0.5) is 0 Å². The largest absolute Gasteiger partial charge is 0.396 e. The van der Waals surface area contributed by atoms with Crippen LogP contribution in [0.3, 0.4) is 0 Å². The highest BCUT2D eigenvalue weighted by Gasteiger charge is 2.04. The minimum atomic E-state index is 0.210. The van der Waals surface area contributed by atoms with Gasteiger partial charge in [-0.1, -0.05) is 6.92 Å². The highest BCUT2D eigenvalue weighted by molar-refractivity contribution is 4.61. The second-order valence-corrected chi connectivity index (χ2v) is 2.35. The Balaban J connectivity index is 3.17. The molecule has 0 aromatic rings. The summed E-state index contributed by atoms with van der Waals surface area (Å²) in [6.07, 6.45) is 0.817. The molecule has 8 heavy (non-hydrogen) atoms. The van der Waals surface area contributed by atoms with E-state index in [1.165, 1.54) is 0 Å². The second kappa shape index (κ2) is 3.87. The number of rotatable bonds is 3. The quantitative estimate of drug-likeness (QED) is 0.560. The summed E-state index contributed by atoms with van der Waals surface area (Å²) in [5, 5.41) is 8.43. The van der Waals surface area contributed by atoms with E-state index in [-0.39, 0.29) is 12.6 Å². The van der Waals surface area contributed by atoms with E-state index < -0.39 is 0 Å².